The zero-order valence-corrected chi connectivity index (χ0v) is 11.1. The van der Waals surface area contributed by atoms with Gasteiger partial charge in [0.1, 0.15) is 6.54 Å². The highest BCUT2D eigenvalue weighted by Crippen LogP contribution is 2.18. The van der Waals surface area contributed by atoms with Crippen LogP contribution in [0.1, 0.15) is 29.1 Å². The van der Waals surface area contributed by atoms with Crippen LogP contribution in [0, 0.1) is 12.8 Å². The van der Waals surface area contributed by atoms with Gasteiger partial charge in [-0.05, 0) is 29.9 Å². The Bertz CT molecular complexity index is 412. The molecule has 1 N–H and O–H groups in total. The molecule has 0 aliphatic carbocycles. The predicted octanol–water partition coefficient (Wildman–Crippen LogP) is 2.24. The number of hydrogen-bond acceptors (Lipinski definition) is 3. The second-order valence-electron chi connectivity index (χ2n) is 4.41. The summed E-state index contributed by atoms with van der Waals surface area (Å²) in [5.41, 5.74) is 0.902. The van der Waals surface area contributed by atoms with E-state index in [2.05, 4.69) is 0 Å². The lowest BCUT2D eigenvalue weighted by molar-refractivity contribution is -0.137. The molecule has 1 amide bonds. The van der Waals surface area contributed by atoms with E-state index in [1.54, 1.807) is 0 Å². The van der Waals surface area contributed by atoms with E-state index in [0.717, 1.165) is 5.56 Å². The highest BCUT2D eigenvalue weighted by molar-refractivity contribution is 7.12. The number of nitrogens with zero attached hydrogens (tertiary/aromatic N) is 1. The lowest BCUT2D eigenvalue weighted by atomic mass is 10.2. The van der Waals surface area contributed by atoms with Crippen LogP contribution in [0.5, 0.6) is 0 Å². The van der Waals surface area contributed by atoms with Gasteiger partial charge in [0.15, 0.2) is 0 Å². The van der Waals surface area contributed by atoms with Gasteiger partial charge in [0, 0.05) is 6.54 Å². The van der Waals surface area contributed by atoms with Crippen molar-refractivity contribution in [3.8, 4) is 0 Å². The lowest BCUT2D eigenvalue weighted by Crippen LogP contribution is -2.38. The molecule has 0 aromatic carbocycles. The minimum Gasteiger partial charge on any atom is -0.480 e. The van der Waals surface area contributed by atoms with Crippen LogP contribution in [-0.4, -0.2) is 35.0 Å². The van der Waals surface area contributed by atoms with E-state index >= 15 is 0 Å². The van der Waals surface area contributed by atoms with E-state index in [9.17, 15) is 9.59 Å². The molecule has 1 aromatic rings. The van der Waals surface area contributed by atoms with Crippen molar-refractivity contribution in [2.24, 2.45) is 5.92 Å². The molecular formula is C12H17NO3S. The van der Waals surface area contributed by atoms with Crippen LogP contribution in [0.2, 0.25) is 0 Å². The molecular weight excluding hydrogens is 238 g/mol. The van der Waals surface area contributed by atoms with E-state index in [0.29, 0.717) is 11.4 Å². The van der Waals surface area contributed by atoms with Crippen molar-refractivity contribution in [1.29, 1.82) is 0 Å². The summed E-state index contributed by atoms with van der Waals surface area (Å²) in [5, 5.41) is 10.7. The number of carbonyl (C=O) groups excluding carboxylic acids is 1. The molecule has 0 radical (unpaired) electrons. The maximum atomic E-state index is 12.2. The SMILES string of the molecule is Cc1ccsc1C(=O)N(CC(=O)O)CC(C)C. The van der Waals surface area contributed by atoms with Crippen molar-refractivity contribution >= 4 is 23.2 Å². The number of thiophene rings is 1. The summed E-state index contributed by atoms with van der Waals surface area (Å²) in [6.45, 7) is 6.00. The van der Waals surface area contributed by atoms with Crippen LogP contribution in [0.3, 0.4) is 0 Å². The first-order valence-corrected chi connectivity index (χ1v) is 6.35. The molecule has 0 saturated heterocycles. The second kappa shape index (κ2) is 5.82. The third-order valence-electron chi connectivity index (χ3n) is 2.26. The van der Waals surface area contributed by atoms with Gasteiger partial charge in [0.2, 0.25) is 0 Å². The molecule has 0 spiro atoms. The summed E-state index contributed by atoms with van der Waals surface area (Å²) in [4.78, 5) is 25.0. The molecule has 1 rings (SSSR count). The molecule has 0 bridgehead atoms. The van der Waals surface area contributed by atoms with Crippen molar-refractivity contribution in [3.05, 3.63) is 21.9 Å². The van der Waals surface area contributed by atoms with Gasteiger partial charge in [-0.1, -0.05) is 13.8 Å². The average molecular weight is 255 g/mol. The Morgan fingerprint density at radius 2 is 2.12 bits per heavy atom. The van der Waals surface area contributed by atoms with Gasteiger partial charge in [-0.15, -0.1) is 11.3 Å². The molecule has 0 fully saturated rings. The standard InChI is InChI=1S/C12H17NO3S/c1-8(2)6-13(7-10(14)15)12(16)11-9(3)4-5-17-11/h4-5,8H,6-7H2,1-3H3,(H,14,15). The first-order valence-electron chi connectivity index (χ1n) is 5.47. The highest BCUT2D eigenvalue weighted by Gasteiger charge is 2.21. The summed E-state index contributed by atoms with van der Waals surface area (Å²) in [5.74, 6) is -0.916. The normalized spacial score (nSPS) is 10.6. The van der Waals surface area contributed by atoms with Crippen LogP contribution in [0.25, 0.3) is 0 Å². The number of carboxylic acids is 1. The van der Waals surface area contributed by atoms with Crippen molar-refractivity contribution in [2.45, 2.75) is 20.8 Å². The molecule has 0 aliphatic rings. The van der Waals surface area contributed by atoms with E-state index in [4.69, 9.17) is 5.11 Å². The smallest absolute Gasteiger partial charge is 0.323 e. The van der Waals surface area contributed by atoms with Crippen molar-refractivity contribution in [3.63, 3.8) is 0 Å². The number of hydrogen-bond donors (Lipinski definition) is 1. The zero-order chi connectivity index (χ0) is 13.0. The zero-order valence-electron chi connectivity index (χ0n) is 10.3. The molecule has 0 atom stereocenters. The Kier molecular flexibility index (Phi) is 4.69. The van der Waals surface area contributed by atoms with Crippen LogP contribution >= 0.6 is 11.3 Å². The topological polar surface area (TPSA) is 57.6 Å². The number of carbonyl (C=O) groups is 2. The molecule has 0 unspecified atom stereocenters. The summed E-state index contributed by atoms with van der Waals surface area (Å²) in [6, 6.07) is 1.87. The Labute approximate surface area is 105 Å². The molecule has 94 valence electrons. The van der Waals surface area contributed by atoms with Gasteiger partial charge >= 0.3 is 5.97 Å². The minimum atomic E-state index is -0.979. The molecule has 1 heterocycles. The molecule has 0 aliphatic heterocycles. The fourth-order valence-electron chi connectivity index (χ4n) is 1.56. The van der Waals surface area contributed by atoms with Crippen LogP contribution in [0.4, 0.5) is 0 Å². The first-order chi connectivity index (χ1) is 7.91. The molecule has 1 aromatic heterocycles. The Morgan fingerprint density at radius 1 is 1.47 bits per heavy atom. The van der Waals surface area contributed by atoms with Gasteiger partial charge in [0.25, 0.3) is 5.91 Å². The van der Waals surface area contributed by atoms with Crippen molar-refractivity contribution < 1.29 is 14.7 Å². The van der Waals surface area contributed by atoms with E-state index in [1.807, 2.05) is 32.2 Å². The predicted molar refractivity (Wildman–Crippen MR) is 67.4 cm³/mol. The summed E-state index contributed by atoms with van der Waals surface area (Å²) >= 11 is 1.36. The number of aryl methyl sites for hydroxylation is 1. The van der Waals surface area contributed by atoms with Gasteiger partial charge in [-0.25, -0.2) is 0 Å². The number of amides is 1. The molecule has 17 heavy (non-hydrogen) atoms. The van der Waals surface area contributed by atoms with E-state index in [-0.39, 0.29) is 18.4 Å². The number of rotatable bonds is 5. The maximum absolute atomic E-state index is 12.2. The van der Waals surface area contributed by atoms with Crippen LogP contribution in [-0.2, 0) is 4.79 Å². The van der Waals surface area contributed by atoms with Gasteiger partial charge < -0.3 is 10.0 Å². The van der Waals surface area contributed by atoms with Gasteiger partial charge in [0.05, 0.1) is 4.88 Å². The molecule has 0 saturated carbocycles. The average Bonchev–Trinajstić information content (AvgIpc) is 2.61. The summed E-state index contributed by atoms with van der Waals surface area (Å²) in [6.07, 6.45) is 0. The van der Waals surface area contributed by atoms with Crippen LogP contribution < -0.4 is 0 Å². The number of aliphatic carboxylic acids is 1. The fourth-order valence-corrected chi connectivity index (χ4v) is 2.45. The fraction of sp³-hybridized carbons (Fsp3) is 0.500. The van der Waals surface area contributed by atoms with Gasteiger partial charge in [-0.2, -0.15) is 0 Å². The van der Waals surface area contributed by atoms with E-state index < -0.39 is 5.97 Å². The minimum absolute atomic E-state index is 0.186. The largest absolute Gasteiger partial charge is 0.480 e. The number of carboxylic acid groups (broad SMARTS) is 1. The Hall–Kier alpha value is -1.36. The quantitative estimate of drug-likeness (QED) is 0.877. The first kappa shape index (κ1) is 13.7. The molecule has 5 heteroatoms. The van der Waals surface area contributed by atoms with Crippen molar-refractivity contribution in [1.82, 2.24) is 4.90 Å². The van der Waals surface area contributed by atoms with Crippen LogP contribution in [0.15, 0.2) is 11.4 Å². The summed E-state index contributed by atoms with van der Waals surface area (Å²) in [7, 11) is 0. The Balaban J connectivity index is 2.86. The third-order valence-corrected chi connectivity index (χ3v) is 3.26. The maximum Gasteiger partial charge on any atom is 0.323 e. The monoisotopic (exact) mass is 255 g/mol. The highest BCUT2D eigenvalue weighted by atomic mass is 32.1. The van der Waals surface area contributed by atoms with Gasteiger partial charge in [-0.3, -0.25) is 9.59 Å². The Morgan fingerprint density at radius 3 is 2.53 bits per heavy atom. The van der Waals surface area contributed by atoms with E-state index in [1.165, 1.54) is 16.2 Å². The lowest BCUT2D eigenvalue weighted by Gasteiger charge is -2.22. The van der Waals surface area contributed by atoms with Crippen molar-refractivity contribution in [2.75, 3.05) is 13.1 Å². The third kappa shape index (κ3) is 3.85. The summed E-state index contributed by atoms with van der Waals surface area (Å²) < 4.78 is 0. The second-order valence-corrected chi connectivity index (χ2v) is 5.32. The molecule has 4 nitrogen and oxygen atoms in total.